The standard InChI is InChI=1S/C11H13N3O2S/c12-4-1-2-6-17(15,16)14-8-10-3-5-13-7-11(10)9-14/h3,5,7H,1-2,6,8-9H2. The van der Waals surface area contributed by atoms with Gasteiger partial charge in [0, 0.05) is 31.9 Å². The summed E-state index contributed by atoms with van der Waals surface area (Å²) in [4.78, 5) is 3.98. The Morgan fingerprint density at radius 1 is 1.41 bits per heavy atom. The Kier molecular flexibility index (Phi) is 3.41. The van der Waals surface area contributed by atoms with Crippen LogP contribution in [-0.4, -0.2) is 23.5 Å². The molecule has 0 amide bonds. The molecule has 0 spiro atoms. The van der Waals surface area contributed by atoms with Gasteiger partial charge in [-0.2, -0.15) is 9.57 Å². The first kappa shape index (κ1) is 12.0. The number of aromatic nitrogens is 1. The van der Waals surface area contributed by atoms with Crippen molar-refractivity contribution in [3.8, 4) is 6.07 Å². The lowest BCUT2D eigenvalue weighted by molar-refractivity contribution is 0.430. The number of fused-ring (bicyclic) bond motifs is 1. The molecule has 1 aliphatic rings. The van der Waals surface area contributed by atoms with Gasteiger partial charge in [-0.15, -0.1) is 0 Å². The van der Waals surface area contributed by atoms with Gasteiger partial charge in [-0.1, -0.05) is 0 Å². The quantitative estimate of drug-likeness (QED) is 0.749. The molecule has 1 aromatic rings. The molecule has 6 heteroatoms. The van der Waals surface area contributed by atoms with Crippen LogP contribution in [0.5, 0.6) is 0 Å². The number of unbranched alkanes of at least 4 members (excludes halogenated alkanes) is 1. The Bertz CT molecular complexity index is 523. The second kappa shape index (κ2) is 4.82. The zero-order chi connectivity index (χ0) is 12.3. The minimum atomic E-state index is -3.25. The van der Waals surface area contributed by atoms with Crippen molar-refractivity contribution in [2.75, 3.05) is 5.75 Å². The predicted octanol–water partition coefficient (Wildman–Crippen LogP) is 1.03. The van der Waals surface area contributed by atoms with Crippen LogP contribution < -0.4 is 0 Å². The Labute approximate surface area is 101 Å². The van der Waals surface area contributed by atoms with E-state index >= 15 is 0 Å². The first-order valence-electron chi connectivity index (χ1n) is 5.40. The van der Waals surface area contributed by atoms with E-state index in [4.69, 9.17) is 5.26 Å². The number of hydrogen-bond donors (Lipinski definition) is 0. The van der Waals surface area contributed by atoms with Crippen molar-refractivity contribution >= 4 is 10.0 Å². The molecule has 0 N–H and O–H groups in total. The second-order valence-electron chi connectivity index (χ2n) is 3.99. The molecule has 0 bridgehead atoms. The summed E-state index contributed by atoms with van der Waals surface area (Å²) in [5.74, 6) is 0.0436. The van der Waals surface area contributed by atoms with E-state index in [9.17, 15) is 8.42 Å². The van der Waals surface area contributed by atoms with Crippen LogP contribution in [0, 0.1) is 11.3 Å². The van der Waals surface area contributed by atoms with E-state index in [1.54, 1.807) is 12.4 Å². The lowest BCUT2D eigenvalue weighted by Gasteiger charge is -2.14. The summed E-state index contributed by atoms with van der Waals surface area (Å²) in [6.45, 7) is 0.824. The normalized spacial score (nSPS) is 15.5. The zero-order valence-corrected chi connectivity index (χ0v) is 10.2. The summed E-state index contributed by atoms with van der Waals surface area (Å²) in [6.07, 6.45) is 4.05. The molecule has 0 saturated carbocycles. The monoisotopic (exact) mass is 251 g/mol. The molecule has 2 rings (SSSR count). The van der Waals surface area contributed by atoms with Crippen LogP contribution in [0.1, 0.15) is 24.0 Å². The van der Waals surface area contributed by atoms with E-state index in [2.05, 4.69) is 4.98 Å². The van der Waals surface area contributed by atoms with Crippen LogP contribution in [0.15, 0.2) is 18.5 Å². The lowest BCUT2D eigenvalue weighted by atomic mass is 10.2. The molecular weight excluding hydrogens is 238 g/mol. The minimum Gasteiger partial charge on any atom is -0.264 e. The molecule has 2 heterocycles. The third kappa shape index (κ3) is 2.62. The van der Waals surface area contributed by atoms with Gasteiger partial charge in [-0.05, 0) is 23.6 Å². The van der Waals surface area contributed by atoms with E-state index in [0.29, 0.717) is 19.5 Å². The van der Waals surface area contributed by atoms with Gasteiger partial charge in [0.1, 0.15) is 0 Å². The van der Waals surface area contributed by atoms with Crippen molar-refractivity contribution in [3.63, 3.8) is 0 Å². The van der Waals surface area contributed by atoms with Crippen LogP contribution in [0.2, 0.25) is 0 Å². The number of nitriles is 1. The molecule has 5 nitrogen and oxygen atoms in total. The smallest absolute Gasteiger partial charge is 0.214 e. The number of nitrogens with zero attached hydrogens (tertiary/aromatic N) is 3. The van der Waals surface area contributed by atoms with E-state index in [1.165, 1.54) is 4.31 Å². The average molecular weight is 251 g/mol. The Hall–Kier alpha value is -1.45. The van der Waals surface area contributed by atoms with Crippen LogP contribution in [0.25, 0.3) is 0 Å². The molecular formula is C11H13N3O2S. The maximum absolute atomic E-state index is 12.0. The molecule has 90 valence electrons. The second-order valence-corrected chi connectivity index (χ2v) is 6.08. The fraction of sp³-hybridized carbons (Fsp3) is 0.455. The molecule has 0 radical (unpaired) electrons. The lowest BCUT2D eigenvalue weighted by Crippen LogP contribution is -2.28. The first-order valence-corrected chi connectivity index (χ1v) is 7.01. The molecule has 0 saturated heterocycles. The van der Waals surface area contributed by atoms with Gasteiger partial charge in [0.25, 0.3) is 0 Å². The summed E-state index contributed by atoms with van der Waals surface area (Å²) in [5.41, 5.74) is 1.99. The maximum atomic E-state index is 12.0. The van der Waals surface area contributed by atoms with Crippen LogP contribution >= 0.6 is 0 Å². The summed E-state index contributed by atoms with van der Waals surface area (Å²) in [6, 6.07) is 3.80. The highest BCUT2D eigenvalue weighted by Gasteiger charge is 2.28. The predicted molar refractivity (Wildman–Crippen MR) is 62.1 cm³/mol. The van der Waals surface area contributed by atoms with Crippen molar-refractivity contribution in [3.05, 3.63) is 29.6 Å². The van der Waals surface area contributed by atoms with E-state index in [1.807, 2.05) is 12.1 Å². The SMILES string of the molecule is N#CCCCS(=O)(=O)N1Cc2ccncc2C1. The minimum absolute atomic E-state index is 0.0436. The maximum Gasteiger partial charge on any atom is 0.214 e. The molecule has 0 fully saturated rings. The fourth-order valence-corrected chi connectivity index (χ4v) is 3.29. The summed E-state index contributed by atoms with van der Waals surface area (Å²) >= 11 is 0. The molecule has 1 aromatic heterocycles. The van der Waals surface area contributed by atoms with Crippen LogP contribution in [-0.2, 0) is 23.1 Å². The number of hydrogen-bond acceptors (Lipinski definition) is 4. The van der Waals surface area contributed by atoms with Gasteiger partial charge >= 0.3 is 0 Å². The van der Waals surface area contributed by atoms with Gasteiger partial charge in [-0.25, -0.2) is 8.42 Å². The third-order valence-electron chi connectivity index (χ3n) is 2.78. The largest absolute Gasteiger partial charge is 0.264 e. The van der Waals surface area contributed by atoms with Gasteiger partial charge in [0.05, 0.1) is 11.8 Å². The number of pyridine rings is 1. The number of sulfonamides is 1. The fourth-order valence-electron chi connectivity index (χ4n) is 1.85. The van der Waals surface area contributed by atoms with Crippen molar-refractivity contribution in [1.82, 2.24) is 9.29 Å². The number of rotatable bonds is 4. The molecule has 0 atom stereocenters. The molecule has 0 aromatic carbocycles. The van der Waals surface area contributed by atoms with Crippen molar-refractivity contribution in [1.29, 1.82) is 5.26 Å². The zero-order valence-electron chi connectivity index (χ0n) is 9.33. The third-order valence-corrected chi connectivity index (χ3v) is 4.63. The highest BCUT2D eigenvalue weighted by molar-refractivity contribution is 7.89. The average Bonchev–Trinajstić information content (AvgIpc) is 2.73. The highest BCUT2D eigenvalue weighted by Crippen LogP contribution is 2.24. The van der Waals surface area contributed by atoms with Gasteiger partial charge in [0.15, 0.2) is 0 Å². The van der Waals surface area contributed by atoms with Crippen LogP contribution in [0.3, 0.4) is 0 Å². The Morgan fingerprint density at radius 3 is 2.88 bits per heavy atom. The van der Waals surface area contributed by atoms with Crippen molar-refractivity contribution in [2.24, 2.45) is 0 Å². The van der Waals surface area contributed by atoms with E-state index in [-0.39, 0.29) is 12.2 Å². The topological polar surface area (TPSA) is 74.1 Å². The molecule has 0 unspecified atom stereocenters. The van der Waals surface area contributed by atoms with Gasteiger partial charge in [0.2, 0.25) is 10.0 Å². The van der Waals surface area contributed by atoms with Crippen molar-refractivity contribution in [2.45, 2.75) is 25.9 Å². The van der Waals surface area contributed by atoms with Crippen molar-refractivity contribution < 1.29 is 8.42 Å². The summed E-state index contributed by atoms with van der Waals surface area (Å²) in [5, 5.41) is 8.40. The van der Waals surface area contributed by atoms with Gasteiger partial charge in [-0.3, -0.25) is 4.98 Å². The summed E-state index contributed by atoms with van der Waals surface area (Å²) in [7, 11) is -3.25. The van der Waals surface area contributed by atoms with Gasteiger partial charge < -0.3 is 0 Å². The molecule has 0 aliphatic carbocycles. The first-order chi connectivity index (χ1) is 8.13. The molecule has 1 aliphatic heterocycles. The Morgan fingerprint density at radius 2 is 2.18 bits per heavy atom. The summed E-state index contributed by atoms with van der Waals surface area (Å²) < 4.78 is 25.4. The highest BCUT2D eigenvalue weighted by atomic mass is 32.2. The molecule has 17 heavy (non-hydrogen) atoms. The Balaban J connectivity index is 2.05. The van der Waals surface area contributed by atoms with Crippen LogP contribution in [0.4, 0.5) is 0 Å². The van der Waals surface area contributed by atoms with E-state index < -0.39 is 10.0 Å². The van der Waals surface area contributed by atoms with E-state index in [0.717, 1.165) is 11.1 Å².